The Morgan fingerprint density at radius 1 is 0.947 bits per heavy atom. The van der Waals surface area contributed by atoms with Crippen molar-refractivity contribution in [3.63, 3.8) is 0 Å². The molecule has 2 heterocycles. The van der Waals surface area contributed by atoms with Crippen molar-refractivity contribution in [3.05, 3.63) is 88.9 Å². The normalized spacial score (nSPS) is 13.4. The number of rotatable bonds is 7. The lowest BCUT2D eigenvalue weighted by molar-refractivity contribution is -0.113. The zero-order valence-corrected chi connectivity index (χ0v) is 22.3. The van der Waals surface area contributed by atoms with Crippen molar-refractivity contribution in [1.29, 1.82) is 0 Å². The van der Waals surface area contributed by atoms with Crippen molar-refractivity contribution < 1.29 is 14.0 Å². The van der Waals surface area contributed by atoms with Crippen LogP contribution in [0.3, 0.4) is 0 Å². The molecule has 1 saturated heterocycles. The molecular formula is C28H26ClN5O3S. The van der Waals surface area contributed by atoms with Gasteiger partial charge >= 0.3 is 0 Å². The number of aromatic nitrogens is 2. The Morgan fingerprint density at radius 3 is 2.37 bits per heavy atom. The van der Waals surface area contributed by atoms with Gasteiger partial charge in [0.1, 0.15) is 0 Å². The smallest absolute Gasteiger partial charge is 0.277 e. The van der Waals surface area contributed by atoms with Crippen LogP contribution in [-0.4, -0.2) is 58.8 Å². The predicted octanol–water partition coefficient (Wildman–Crippen LogP) is 5.39. The summed E-state index contributed by atoms with van der Waals surface area (Å²) in [5, 5.41) is 11.9. The number of amides is 2. The minimum absolute atomic E-state index is 0.0837. The molecule has 0 unspecified atom stereocenters. The monoisotopic (exact) mass is 547 g/mol. The van der Waals surface area contributed by atoms with E-state index in [2.05, 4.69) is 20.4 Å². The van der Waals surface area contributed by atoms with Gasteiger partial charge in [0.05, 0.1) is 5.75 Å². The fourth-order valence-corrected chi connectivity index (χ4v) is 4.90. The lowest BCUT2D eigenvalue weighted by Gasteiger charge is -2.36. The van der Waals surface area contributed by atoms with E-state index in [1.165, 1.54) is 11.8 Å². The molecule has 1 N–H and O–H groups in total. The van der Waals surface area contributed by atoms with Crippen LogP contribution < -0.4 is 10.2 Å². The first kappa shape index (κ1) is 25.8. The quantitative estimate of drug-likeness (QED) is 0.310. The van der Waals surface area contributed by atoms with Crippen molar-refractivity contribution in [2.75, 3.05) is 42.1 Å². The van der Waals surface area contributed by atoms with E-state index in [0.29, 0.717) is 34.9 Å². The Bertz CT molecular complexity index is 1420. The summed E-state index contributed by atoms with van der Waals surface area (Å²) in [6, 6.07) is 22.5. The maximum absolute atomic E-state index is 12.9. The zero-order valence-electron chi connectivity index (χ0n) is 20.8. The molecular weight excluding hydrogens is 522 g/mol. The summed E-state index contributed by atoms with van der Waals surface area (Å²) in [7, 11) is 0. The first-order chi connectivity index (χ1) is 18.5. The van der Waals surface area contributed by atoms with Gasteiger partial charge in [-0.3, -0.25) is 9.59 Å². The third kappa shape index (κ3) is 6.17. The number of hydrogen-bond donors (Lipinski definition) is 1. The number of piperazine rings is 1. The molecule has 0 aliphatic carbocycles. The lowest BCUT2D eigenvalue weighted by atomic mass is 10.1. The number of carbonyl (C=O) groups is 2. The molecule has 0 spiro atoms. The van der Waals surface area contributed by atoms with Crippen LogP contribution in [-0.2, 0) is 4.79 Å². The van der Waals surface area contributed by atoms with E-state index >= 15 is 0 Å². The molecule has 0 saturated carbocycles. The summed E-state index contributed by atoms with van der Waals surface area (Å²) in [6.45, 7) is 4.80. The molecule has 5 rings (SSSR count). The third-order valence-electron chi connectivity index (χ3n) is 6.28. The van der Waals surface area contributed by atoms with Crippen LogP contribution in [0, 0.1) is 6.92 Å². The Balaban J connectivity index is 1.09. The average molecular weight is 548 g/mol. The van der Waals surface area contributed by atoms with Gasteiger partial charge in [-0.1, -0.05) is 41.6 Å². The third-order valence-corrected chi connectivity index (χ3v) is 7.35. The highest BCUT2D eigenvalue weighted by molar-refractivity contribution is 7.99. The van der Waals surface area contributed by atoms with E-state index in [1.54, 1.807) is 24.3 Å². The van der Waals surface area contributed by atoms with Gasteiger partial charge in [0.15, 0.2) is 0 Å². The van der Waals surface area contributed by atoms with Gasteiger partial charge in [0.25, 0.3) is 11.1 Å². The summed E-state index contributed by atoms with van der Waals surface area (Å²) in [5.41, 5.74) is 4.29. The molecule has 0 radical (unpaired) electrons. The number of hydrogen-bond acceptors (Lipinski definition) is 7. The van der Waals surface area contributed by atoms with E-state index in [4.69, 9.17) is 16.0 Å². The van der Waals surface area contributed by atoms with Crippen LogP contribution in [0.25, 0.3) is 11.5 Å². The largest absolute Gasteiger partial charge is 0.411 e. The maximum Gasteiger partial charge on any atom is 0.277 e. The van der Waals surface area contributed by atoms with Crippen LogP contribution in [0.1, 0.15) is 15.9 Å². The maximum atomic E-state index is 12.9. The standard InChI is InChI=1S/C28H26ClN5O3S/c1-19-4-2-3-5-24(19)27(36)34-16-14-33(15-17-34)23-12-10-22(11-13-23)30-25(35)18-38-28-32-31-26(37-28)20-6-8-21(29)9-7-20/h2-13H,14-18H2,1H3,(H,30,35). The number of benzene rings is 3. The second-order valence-corrected chi connectivity index (χ2v) is 10.2. The topological polar surface area (TPSA) is 91.6 Å². The summed E-state index contributed by atoms with van der Waals surface area (Å²) < 4.78 is 5.63. The van der Waals surface area contributed by atoms with E-state index < -0.39 is 0 Å². The molecule has 8 nitrogen and oxygen atoms in total. The van der Waals surface area contributed by atoms with Gasteiger partial charge in [-0.25, -0.2) is 0 Å². The number of halogens is 1. The Hall–Kier alpha value is -3.82. The Morgan fingerprint density at radius 2 is 1.66 bits per heavy atom. The number of anilines is 2. The van der Waals surface area contributed by atoms with Crippen molar-refractivity contribution >= 4 is 46.6 Å². The summed E-state index contributed by atoms with van der Waals surface area (Å²) >= 11 is 7.09. The Kier molecular flexibility index (Phi) is 7.95. The zero-order chi connectivity index (χ0) is 26.5. The van der Waals surface area contributed by atoms with Crippen molar-refractivity contribution in [3.8, 4) is 11.5 Å². The van der Waals surface area contributed by atoms with Crippen molar-refractivity contribution in [1.82, 2.24) is 15.1 Å². The fourth-order valence-electron chi connectivity index (χ4n) is 4.21. The van der Waals surface area contributed by atoms with Crippen LogP contribution in [0.5, 0.6) is 0 Å². The molecule has 10 heteroatoms. The summed E-state index contributed by atoms with van der Waals surface area (Å²) in [6.07, 6.45) is 0. The molecule has 194 valence electrons. The number of nitrogens with one attached hydrogen (secondary N) is 1. The molecule has 1 fully saturated rings. The first-order valence-electron chi connectivity index (χ1n) is 12.2. The summed E-state index contributed by atoms with van der Waals surface area (Å²) in [5.74, 6) is 0.430. The molecule has 1 aliphatic heterocycles. The molecule has 3 aromatic carbocycles. The number of thioether (sulfide) groups is 1. The van der Waals surface area contributed by atoms with Crippen LogP contribution in [0.2, 0.25) is 5.02 Å². The van der Waals surface area contributed by atoms with Crippen LogP contribution in [0.15, 0.2) is 82.4 Å². The number of carbonyl (C=O) groups excluding carboxylic acids is 2. The Labute approximate surface area is 230 Å². The van der Waals surface area contributed by atoms with Crippen LogP contribution in [0.4, 0.5) is 11.4 Å². The van der Waals surface area contributed by atoms with E-state index in [0.717, 1.165) is 35.5 Å². The minimum atomic E-state index is -0.169. The molecule has 0 atom stereocenters. The van der Waals surface area contributed by atoms with E-state index in [9.17, 15) is 9.59 Å². The molecule has 2 amide bonds. The van der Waals surface area contributed by atoms with E-state index in [1.807, 2.05) is 60.4 Å². The van der Waals surface area contributed by atoms with Crippen LogP contribution >= 0.6 is 23.4 Å². The average Bonchev–Trinajstić information content (AvgIpc) is 3.42. The van der Waals surface area contributed by atoms with Gasteiger partial charge in [-0.15, -0.1) is 10.2 Å². The molecule has 38 heavy (non-hydrogen) atoms. The highest BCUT2D eigenvalue weighted by Crippen LogP contribution is 2.25. The SMILES string of the molecule is Cc1ccccc1C(=O)N1CCN(c2ccc(NC(=O)CSc3nnc(-c4ccc(Cl)cc4)o3)cc2)CC1. The summed E-state index contributed by atoms with van der Waals surface area (Å²) in [4.78, 5) is 29.5. The number of aryl methyl sites for hydroxylation is 1. The second kappa shape index (κ2) is 11.7. The predicted molar refractivity (Wildman–Crippen MR) is 150 cm³/mol. The number of nitrogens with zero attached hydrogens (tertiary/aromatic N) is 4. The first-order valence-corrected chi connectivity index (χ1v) is 13.5. The lowest BCUT2D eigenvalue weighted by Crippen LogP contribution is -2.48. The second-order valence-electron chi connectivity index (χ2n) is 8.86. The van der Waals surface area contributed by atoms with Gasteiger partial charge in [-0.05, 0) is 67.1 Å². The van der Waals surface area contributed by atoms with Crippen molar-refractivity contribution in [2.45, 2.75) is 12.1 Å². The molecule has 1 aliphatic rings. The van der Waals surface area contributed by atoms with Gasteiger partial charge in [0.2, 0.25) is 11.8 Å². The highest BCUT2D eigenvalue weighted by atomic mass is 35.5. The molecule has 4 aromatic rings. The van der Waals surface area contributed by atoms with Gasteiger partial charge < -0.3 is 19.5 Å². The highest BCUT2D eigenvalue weighted by Gasteiger charge is 2.23. The fraction of sp³-hybridized carbons (Fsp3) is 0.214. The minimum Gasteiger partial charge on any atom is -0.411 e. The van der Waals surface area contributed by atoms with Gasteiger partial charge in [-0.2, -0.15) is 0 Å². The van der Waals surface area contributed by atoms with E-state index in [-0.39, 0.29) is 17.6 Å². The molecule has 0 bridgehead atoms. The van der Waals surface area contributed by atoms with Gasteiger partial charge in [0, 0.05) is 53.7 Å². The molecule has 1 aromatic heterocycles. The van der Waals surface area contributed by atoms with Crippen molar-refractivity contribution in [2.24, 2.45) is 0 Å².